The molecule has 2 rings (SSSR count). The molecule has 0 heterocycles. The second-order valence-electron chi connectivity index (χ2n) is 5.87. The normalized spacial score (nSPS) is 12.0. The van der Waals surface area contributed by atoms with Crippen molar-refractivity contribution in [3.05, 3.63) is 60.2 Å². The molecule has 5 heteroatoms. The van der Waals surface area contributed by atoms with E-state index >= 15 is 0 Å². The maximum absolute atomic E-state index is 11.3. The molecule has 1 unspecified atom stereocenters. The minimum Gasteiger partial charge on any atom is -0.490 e. The molecule has 134 valence electrons. The van der Waals surface area contributed by atoms with Crippen LogP contribution in [0.25, 0.3) is 0 Å². The highest BCUT2D eigenvalue weighted by Gasteiger charge is 2.20. The summed E-state index contributed by atoms with van der Waals surface area (Å²) in [4.78, 5) is 11.3. The van der Waals surface area contributed by atoms with Gasteiger partial charge in [-0.3, -0.25) is 0 Å². The van der Waals surface area contributed by atoms with Crippen LogP contribution in [-0.2, 0) is 16.0 Å². The predicted octanol–water partition coefficient (Wildman–Crippen LogP) is 3.57. The number of aliphatic carboxylic acids is 1. The molecule has 0 bridgehead atoms. The largest absolute Gasteiger partial charge is 0.490 e. The number of ether oxygens (including phenoxy) is 3. The predicted molar refractivity (Wildman–Crippen MR) is 95.2 cm³/mol. The van der Waals surface area contributed by atoms with E-state index in [1.165, 1.54) is 0 Å². The Morgan fingerprint density at radius 1 is 0.960 bits per heavy atom. The molecule has 1 N–H and O–H groups in total. The third-order valence-corrected chi connectivity index (χ3v) is 3.40. The first-order valence-corrected chi connectivity index (χ1v) is 8.32. The average Bonchev–Trinajstić information content (AvgIpc) is 2.59. The van der Waals surface area contributed by atoms with E-state index in [4.69, 9.17) is 14.2 Å². The summed E-state index contributed by atoms with van der Waals surface area (Å²) in [5.41, 5.74) is 0.856. The van der Waals surface area contributed by atoms with Gasteiger partial charge in [0.25, 0.3) is 0 Å². The van der Waals surface area contributed by atoms with Crippen molar-refractivity contribution in [2.75, 3.05) is 13.2 Å². The summed E-state index contributed by atoms with van der Waals surface area (Å²) in [5, 5.41) is 9.26. The van der Waals surface area contributed by atoms with Crippen molar-refractivity contribution < 1.29 is 24.1 Å². The number of hydrogen-bond donors (Lipinski definition) is 1. The molecule has 0 fully saturated rings. The molecular weight excluding hydrogens is 320 g/mol. The van der Waals surface area contributed by atoms with Gasteiger partial charge in [0.15, 0.2) is 6.10 Å². The van der Waals surface area contributed by atoms with E-state index < -0.39 is 12.1 Å². The molecular formula is C20H24O5. The minimum absolute atomic E-state index is 0.143. The number of hydrogen-bond acceptors (Lipinski definition) is 4. The molecule has 0 radical (unpaired) electrons. The Balaban J connectivity index is 1.84. The van der Waals surface area contributed by atoms with Gasteiger partial charge in [-0.05, 0) is 43.7 Å². The van der Waals surface area contributed by atoms with E-state index in [0.717, 1.165) is 11.3 Å². The summed E-state index contributed by atoms with van der Waals surface area (Å²) < 4.78 is 16.7. The fourth-order valence-corrected chi connectivity index (χ4v) is 2.33. The molecule has 0 spiro atoms. The van der Waals surface area contributed by atoms with Gasteiger partial charge in [0.2, 0.25) is 0 Å². The molecule has 0 aromatic heterocycles. The van der Waals surface area contributed by atoms with Crippen LogP contribution in [0, 0.1) is 0 Å². The number of carbonyl (C=O) groups is 1. The quantitative estimate of drug-likeness (QED) is 0.668. The van der Waals surface area contributed by atoms with Crippen LogP contribution < -0.4 is 9.47 Å². The number of carboxylic acids is 1. The molecule has 0 amide bonds. The Bertz CT molecular complexity index is 654. The van der Waals surface area contributed by atoms with Gasteiger partial charge in [-0.2, -0.15) is 0 Å². The zero-order chi connectivity index (χ0) is 18.1. The van der Waals surface area contributed by atoms with E-state index in [1.54, 1.807) is 0 Å². The number of carboxylic acid groups (broad SMARTS) is 1. The van der Waals surface area contributed by atoms with Gasteiger partial charge in [-0.25, -0.2) is 4.79 Å². The fraction of sp³-hybridized carbons (Fsp3) is 0.350. The molecule has 2 aromatic carbocycles. The highest BCUT2D eigenvalue weighted by molar-refractivity contribution is 5.72. The van der Waals surface area contributed by atoms with Gasteiger partial charge in [0.1, 0.15) is 24.7 Å². The zero-order valence-corrected chi connectivity index (χ0v) is 14.6. The van der Waals surface area contributed by atoms with Crippen LogP contribution in [-0.4, -0.2) is 36.5 Å². The van der Waals surface area contributed by atoms with Gasteiger partial charge in [-0.1, -0.05) is 30.3 Å². The lowest BCUT2D eigenvalue weighted by Crippen LogP contribution is -2.29. The van der Waals surface area contributed by atoms with Gasteiger partial charge in [0.05, 0.1) is 6.10 Å². The van der Waals surface area contributed by atoms with E-state index in [-0.39, 0.29) is 6.10 Å². The summed E-state index contributed by atoms with van der Waals surface area (Å²) in [5.74, 6) is 0.522. The molecule has 5 nitrogen and oxygen atoms in total. The Kier molecular flexibility index (Phi) is 7.29. The summed E-state index contributed by atoms with van der Waals surface area (Å²) in [6.07, 6.45) is -0.710. The third-order valence-electron chi connectivity index (χ3n) is 3.40. The Labute approximate surface area is 148 Å². The summed E-state index contributed by atoms with van der Waals surface area (Å²) >= 11 is 0. The van der Waals surface area contributed by atoms with Crippen LogP contribution in [0.15, 0.2) is 54.6 Å². The smallest absolute Gasteiger partial charge is 0.333 e. The minimum atomic E-state index is -0.962. The van der Waals surface area contributed by atoms with Crippen molar-refractivity contribution in [1.82, 2.24) is 0 Å². The summed E-state index contributed by atoms with van der Waals surface area (Å²) in [7, 11) is 0. The Hall–Kier alpha value is -2.53. The summed E-state index contributed by atoms with van der Waals surface area (Å²) in [6.45, 7) is 4.48. The van der Waals surface area contributed by atoms with Gasteiger partial charge >= 0.3 is 5.97 Å². The molecule has 0 aliphatic heterocycles. The van der Waals surface area contributed by atoms with Gasteiger partial charge < -0.3 is 19.3 Å². The van der Waals surface area contributed by atoms with Crippen molar-refractivity contribution in [1.29, 1.82) is 0 Å². The average molecular weight is 344 g/mol. The molecule has 0 aliphatic carbocycles. The first kappa shape index (κ1) is 18.8. The lowest BCUT2D eigenvalue weighted by Gasteiger charge is -2.17. The monoisotopic (exact) mass is 344 g/mol. The number of benzene rings is 2. The van der Waals surface area contributed by atoms with Crippen LogP contribution in [0.5, 0.6) is 11.5 Å². The Morgan fingerprint density at radius 3 is 2.24 bits per heavy atom. The van der Waals surface area contributed by atoms with E-state index in [1.807, 2.05) is 68.4 Å². The first-order chi connectivity index (χ1) is 12.0. The van der Waals surface area contributed by atoms with Crippen LogP contribution >= 0.6 is 0 Å². The van der Waals surface area contributed by atoms with Crippen molar-refractivity contribution in [2.45, 2.75) is 32.5 Å². The fourth-order valence-electron chi connectivity index (χ4n) is 2.33. The van der Waals surface area contributed by atoms with Crippen LogP contribution in [0.2, 0.25) is 0 Å². The van der Waals surface area contributed by atoms with Crippen molar-refractivity contribution in [3.63, 3.8) is 0 Å². The molecule has 0 saturated carbocycles. The topological polar surface area (TPSA) is 65.0 Å². The Morgan fingerprint density at radius 2 is 1.60 bits per heavy atom. The van der Waals surface area contributed by atoms with Crippen LogP contribution in [0.1, 0.15) is 19.4 Å². The van der Waals surface area contributed by atoms with Crippen molar-refractivity contribution in [3.8, 4) is 11.5 Å². The van der Waals surface area contributed by atoms with Gasteiger partial charge in [-0.15, -0.1) is 0 Å². The lowest BCUT2D eigenvalue weighted by atomic mass is 10.1. The van der Waals surface area contributed by atoms with Crippen molar-refractivity contribution >= 4 is 5.97 Å². The molecule has 0 saturated heterocycles. The van der Waals surface area contributed by atoms with Crippen LogP contribution in [0.3, 0.4) is 0 Å². The molecule has 0 aliphatic rings. The highest BCUT2D eigenvalue weighted by Crippen LogP contribution is 2.17. The number of rotatable bonds is 10. The SMILES string of the molecule is CC(C)OC(Cc1cccc(OCCOc2ccccc2)c1)C(=O)O. The first-order valence-electron chi connectivity index (χ1n) is 8.32. The lowest BCUT2D eigenvalue weighted by molar-refractivity contribution is -0.153. The molecule has 1 atom stereocenters. The van der Waals surface area contributed by atoms with E-state index in [9.17, 15) is 9.90 Å². The third kappa shape index (κ3) is 6.85. The van der Waals surface area contributed by atoms with Gasteiger partial charge in [0, 0.05) is 6.42 Å². The summed E-state index contributed by atoms with van der Waals surface area (Å²) in [6, 6.07) is 16.9. The van der Waals surface area contributed by atoms with E-state index in [0.29, 0.717) is 25.4 Å². The van der Waals surface area contributed by atoms with Crippen LogP contribution in [0.4, 0.5) is 0 Å². The standard InChI is InChI=1S/C20H24O5/c1-15(2)25-19(20(21)22)14-16-7-6-10-18(13-16)24-12-11-23-17-8-4-3-5-9-17/h3-10,13,15,19H,11-12,14H2,1-2H3,(H,21,22). The maximum atomic E-state index is 11.3. The molecule has 25 heavy (non-hydrogen) atoms. The second kappa shape index (κ2) is 9.69. The second-order valence-corrected chi connectivity index (χ2v) is 5.87. The maximum Gasteiger partial charge on any atom is 0.333 e. The number of para-hydroxylation sites is 1. The molecule has 2 aromatic rings. The van der Waals surface area contributed by atoms with E-state index in [2.05, 4.69) is 0 Å². The zero-order valence-electron chi connectivity index (χ0n) is 14.6. The highest BCUT2D eigenvalue weighted by atomic mass is 16.5. The van der Waals surface area contributed by atoms with Crippen molar-refractivity contribution in [2.24, 2.45) is 0 Å².